The van der Waals surface area contributed by atoms with Crippen LogP contribution in [0.15, 0.2) is 22.3 Å². The Morgan fingerprint density at radius 1 is 1.50 bits per heavy atom. The van der Waals surface area contributed by atoms with Crippen LogP contribution in [0, 0.1) is 0 Å². The molecule has 0 fully saturated rings. The van der Waals surface area contributed by atoms with Crippen molar-refractivity contribution in [2.24, 2.45) is 5.73 Å². The van der Waals surface area contributed by atoms with E-state index in [1.54, 1.807) is 17.9 Å². The van der Waals surface area contributed by atoms with Crippen LogP contribution in [0.3, 0.4) is 0 Å². The van der Waals surface area contributed by atoms with Gasteiger partial charge in [-0.05, 0) is 0 Å². The molecule has 0 spiro atoms. The van der Waals surface area contributed by atoms with E-state index < -0.39 is 0 Å². The lowest BCUT2D eigenvalue weighted by molar-refractivity contribution is 0.510. The third-order valence-corrected chi connectivity index (χ3v) is 2.19. The van der Waals surface area contributed by atoms with Crippen LogP contribution < -0.4 is 5.73 Å². The molecule has 0 aliphatic carbocycles. The van der Waals surface area contributed by atoms with Crippen LogP contribution in [0.25, 0.3) is 10.6 Å². The molecule has 12 heavy (non-hydrogen) atoms. The van der Waals surface area contributed by atoms with Gasteiger partial charge in [0.25, 0.3) is 0 Å². The van der Waals surface area contributed by atoms with Gasteiger partial charge in [0.15, 0.2) is 5.76 Å². The fraction of sp³-hybridized carbons (Fsp3) is 0.143. The predicted molar refractivity (Wildman–Crippen MR) is 45.5 cm³/mol. The van der Waals surface area contributed by atoms with E-state index in [-0.39, 0.29) is 0 Å². The van der Waals surface area contributed by atoms with E-state index in [0.717, 1.165) is 10.6 Å². The number of thiazole rings is 1. The van der Waals surface area contributed by atoms with Crippen LogP contribution in [0.2, 0.25) is 0 Å². The van der Waals surface area contributed by atoms with Crippen molar-refractivity contribution in [3.8, 4) is 10.6 Å². The van der Waals surface area contributed by atoms with E-state index in [4.69, 9.17) is 10.2 Å². The van der Waals surface area contributed by atoms with Gasteiger partial charge in [0.1, 0.15) is 0 Å². The van der Waals surface area contributed by atoms with Crippen molar-refractivity contribution in [2.45, 2.75) is 6.54 Å². The molecule has 2 aromatic heterocycles. The van der Waals surface area contributed by atoms with Crippen LogP contribution in [0.1, 0.15) is 5.89 Å². The first-order chi connectivity index (χ1) is 5.90. The summed E-state index contributed by atoms with van der Waals surface area (Å²) >= 11 is 1.51. The molecule has 2 rings (SSSR count). The molecule has 0 aliphatic heterocycles. The standard InChI is InChI=1S/C7H7N3OS/c8-1-7-10-2-5(11-7)6-3-9-4-12-6/h2-4H,1,8H2. The van der Waals surface area contributed by atoms with E-state index in [9.17, 15) is 0 Å². The minimum absolute atomic E-state index is 0.332. The third kappa shape index (κ3) is 1.24. The number of nitrogens with two attached hydrogens (primary N) is 1. The van der Waals surface area contributed by atoms with Crippen molar-refractivity contribution in [2.75, 3.05) is 0 Å². The highest BCUT2D eigenvalue weighted by Gasteiger charge is 2.05. The normalized spacial score (nSPS) is 10.4. The molecule has 0 unspecified atom stereocenters. The monoisotopic (exact) mass is 181 g/mol. The van der Waals surface area contributed by atoms with Crippen LogP contribution in [0.4, 0.5) is 0 Å². The first-order valence-corrected chi connectivity index (χ1v) is 4.32. The van der Waals surface area contributed by atoms with Crippen LogP contribution in [-0.4, -0.2) is 9.97 Å². The SMILES string of the molecule is NCc1ncc(-c2cncs2)o1. The van der Waals surface area contributed by atoms with Crippen LogP contribution in [0.5, 0.6) is 0 Å². The number of nitrogens with zero attached hydrogens (tertiary/aromatic N) is 2. The number of hydrogen-bond acceptors (Lipinski definition) is 5. The van der Waals surface area contributed by atoms with E-state index >= 15 is 0 Å². The summed E-state index contributed by atoms with van der Waals surface area (Å²) in [6.45, 7) is 0.332. The molecule has 2 aromatic rings. The van der Waals surface area contributed by atoms with Crippen LogP contribution >= 0.6 is 11.3 Å². The molecular weight excluding hydrogens is 174 g/mol. The lowest BCUT2D eigenvalue weighted by atomic mass is 10.4. The predicted octanol–water partition coefficient (Wildman–Crippen LogP) is 1.26. The maximum Gasteiger partial charge on any atom is 0.208 e. The zero-order valence-electron chi connectivity index (χ0n) is 6.23. The van der Waals surface area contributed by atoms with Crippen molar-refractivity contribution in [3.05, 3.63) is 23.8 Å². The van der Waals surface area contributed by atoms with E-state index in [0.29, 0.717) is 12.4 Å². The first kappa shape index (κ1) is 7.45. The molecule has 2 N–H and O–H groups in total. The Bertz CT molecular complexity index is 354. The van der Waals surface area contributed by atoms with Gasteiger partial charge in [0.05, 0.1) is 23.1 Å². The molecule has 0 aliphatic rings. The van der Waals surface area contributed by atoms with Gasteiger partial charge >= 0.3 is 0 Å². The summed E-state index contributed by atoms with van der Waals surface area (Å²) in [5.41, 5.74) is 7.10. The molecule has 2 heterocycles. The lowest BCUT2D eigenvalue weighted by Gasteiger charge is -1.86. The second-order valence-corrected chi connectivity index (χ2v) is 3.07. The van der Waals surface area contributed by atoms with E-state index in [2.05, 4.69) is 9.97 Å². The summed E-state index contributed by atoms with van der Waals surface area (Å²) in [4.78, 5) is 8.89. The minimum atomic E-state index is 0.332. The molecule has 0 bridgehead atoms. The smallest absolute Gasteiger partial charge is 0.208 e. The van der Waals surface area contributed by atoms with E-state index in [1.807, 2.05) is 0 Å². The maximum absolute atomic E-state index is 5.35. The van der Waals surface area contributed by atoms with Gasteiger partial charge in [0, 0.05) is 6.20 Å². The van der Waals surface area contributed by atoms with Crippen molar-refractivity contribution >= 4 is 11.3 Å². The molecule has 0 radical (unpaired) electrons. The molecule has 5 heteroatoms. The zero-order chi connectivity index (χ0) is 8.39. The number of oxazole rings is 1. The Labute approximate surface area is 73.1 Å². The van der Waals surface area contributed by atoms with Gasteiger partial charge < -0.3 is 10.2 Å². The zero-order valence-corrected chi connectivity index (χ0v) is 7.04. The number of aromatic nitrogens is 2. The third-order valence-electron chi connectivity index (χ3n) is 1.40. The van der Waals surface area contributed by atoms with Crippen LogP contribution in [-0.2, 0) is 6.54 Å². The van der Waals surface area contributed by atoms with Crippen molar-refractivity contribution in [1.29, 1.82) is 0 Å². The van der Waals surface area contributed by atoms with Gasteiger partial charge in [-0.25, -0.2) is 4.98 Å². The lowest BCUT2D eigenvalue weighted by Crippen LogP contribution is -1.94. The average molecular weight is 181 g/mol. The Hall–Kier alpha value is -1.20. The molecule has 0 saturated carbocycles. The molecule has 0 amide bonds. The topological polar surface area (TPSA) is 64.9 Å². The average Bonchev–Trinajstić information content (AvgIpc) is 2.75. The van der Waals surface area contributed by atoms with Crippen molar-refractivity contribution in [3.63, 3.8) is 0 Å². The Morgan fingerprint density at radius 2 is 2.42 bits per heavy atom. The fourth-order valence-corrected chi connectivity index (χ4v) is 1.42. The second kappa shape index (κ2) is 3.04. The van der Waals surface area contributed by atoms with Crippen molar-refractivity contribution in [1.82, 2.24) is 9.97 Å². The first-order valence-electron chi connectivity index (χ1n) is 3.44. The highest BCUT2D eigenvalue weighted by molar-refractivity contribution is 7.13. The van der Waals surface area contributed by atoms with Gasteiger partial charge in [-0.3, -0.25) is 4.98 Å². The largest absolute Gasteiger partial charge is 0.438 e. The summed E-state index contributed by atoms with van der Waals surface area (Å²) in [6, 6.07) is 0. The van der Waals surface area contributed by atoms with E-state index in [1.165, 1.54) is 11.3 Å². The molecule has 4 nitrogen and oxygen atoms in total. The Morgan fingerprint density at radius 3 is 3.00 bits per heavy atom. The highest BCUT2D eigenvalue weighted by Crippen LogP contribution is 2.23. The van der Waals surface area contributed by atoms with Gasteiger partial charge in [-0.2, -0.15) is 0 Å². The molecule has 0 atom stereocenters. The minimum Gasteiger partial charge on any atom is -0.438 e. The maximum atomic E-state index is 5.35. The number of hydrogen-bond donors (Lipinski definition) is 1. The summed E-state index contributed by atoms with van der Waals surface area (Å²) in [5, 5.41) is 0. The molecule has 62 valence electrons. The highest BCUT2D eigenvalue weighted by atomic mass is 32.1. The van der Waals surface area contributed by atoms with Gasteiger partial charge in [-0.15, -0.1) is 11.3 Å². The van der Waals surface area contributed by atoms with Gasteiger partial charge in [-0.1, -0.05) is 0 Å². The Kier molecular flexibility index (Phi) is 1.89. The second-order valence-electron chi connectivity index (χ2n) is 2.19. The molecular formula is C7H7N3OS. The summed E-state index contributed by atoms with van der Waals surface area (Å²) in [5.74, 6) is 1.29. The quantitative estimate of drug-likeness (QED) is 0.757. The molecule has 0 saturated heterocycles. The van der Waals surface area contributed by atoms with Gasteiger partial charge in [0.2, 0.25) is 5.89 Å². The summed E-state index contributed by atoms with van der Waals surface area (Å²) < 4.78 is 5.31. The summed E-state index contributed by atoms with van der Waals surface area (Å²) in [6.07, 6.45) is 3.40. The summed E-state index contributed by atoms with van der Waals surface area (Å²) in [7, 11) is 0. The van der Waals surface area contributed by atoms with Crippen molar-refractivity contribution < 1.29 is 4.42 Å². The fourth-order valence-electron chi connectivity index (χ4n) is 0.856. The Balaban J connectivity index is 2.35. The molecule has 0 aromatic carbocycles. The number of rotatable bonds is 2.